The molecule has 0 unspecified atom stereocenters. The van der Waals surface area contributed by atoms with Gasteiger partial charge in [-0.2, -0.15) is 0 Å². The van der Waals surface area contributed by atoms with Crippen LogP contribution < -0.4 is 5.32 Å². The molecule has 0 atom stereocenters. The Balaban J connectivity index is 2.57. The molecule has 0 radical (unpaired) electrons. The average Bonchev–Trinajstić information content (AvgIpc) is 2.20. The van der Waals surface area contributed by atoms with Gasteiger partial charge in [0.25, 0.3) is 0 Å². The second kappa shape index (κ2) is 5.25. The van der Waals surface area contributed by atoms with Gasteiger partial charge in [-0.05, 0) is 25.7 Å². The molecule has 1 heterocycles. The smallest absolute Gasteiger partial charge is 0.144 e. The predicted octanol–water partition coefficient (Wildman–Crippen LogP) is 1.91. The monoisotopic (exact) mass is 223 g/mol. The maximum Gasteiger partial charge on any atom is 0.144 e. The molecule has 0 saturated carbocycles. The van der Waals surface area contributed by atoms with Crippen LogP contribution in [0.2, 0.25) is 0 Å². The van der Waals surface area contributed by atoms with Crippen LogP contribution in [0.3, 0.4) is 0 Å². The minimum Gasteiger partial charge on any atom is -0.396 e. The van der Waals surface area contributed by atoms with Crippen molar-refractivity contribution in [2.24, 2.45) is 5.41 Å². The molecular weight excluding hydrogens is 202 g/mol. The highest BCUT2D eigenvalue weighted by Crippen LogP contribution is 2.20. The zero-order chi connectivity index (χ0) is 12.2. The Morgan fingerprint density at radius 2 is 2.00 bits per heavy atom. The van der Waals surface area contributed by atoms with Crippen molar-refractivity contribution in [1.82, 2.24) is 9.97 Å². The fourth-order valence-corrected chi connectivity index (χ4v) is 1.35. The van der Waals surface area contributed by atoms with E-state index >= 15 is 0 Å². The largest absolute Gasteiger partial charge is 0.396 e. The van der Waals surface area contributed by atoms with Crippen molar-refractivity contribution in [2.45, 2.75) is 34.1 Å². The summed E-state index contributed by atoms with van der Waals surface area (Å²) in [6.45, 7) is 9.13. The average molecular weight is 223 g/mol. The van der Waals surface area contributed by atoms with E-state index in [2.05, 4.69) is 29.1 Å². The molecule has 2 N–H and O–H groups in total. The molecule has 90 valence electrons. The highest BCUT2D eigenvalue weighted by atomic mass is 16.3. The van der Waals surface area contributed by atoms with Gasteiger partial charge in [0, 0.05) is 13.2 Å². The third-order valence-corrected chi connectivity index (χ3v) is 2.73. The summed E-state index contributed by atoms with van der Waals surface area (Å²) in [7, 11) is 0. The lowest BCUT2D eigenvalue weighted by Crippen LogP contribution is -2.24. The van der Waals surface area contributed by atoms with Crippen LogP contribution >= 0.6 is 0 Å². The number of nitrogens with one attached hydrogen (secondary N) is 1. The SMILES string of the molecule is Cc1ncc(NCC(C)(C)CCO)nc1C. The van der Waals surface area contributed by atoms with Crippen LogP contribution in [0.5, 0.6) is 0 Å². The van der Waals surface area contributed by atoms with Gasteiger partial charge < -0.3 is 10.4 Å². The molecule has 0 aromatic carbocycles. The summed E-state index contributed by atoms with van der Waals surface area (Å²) in [6.07, 6.45) is 2.52. The van der Waals surface area contributed by atoms with E-state index in [0.29, 0.717) is 0 Å². The molecule has 0 spiro atoms. The molecule has 0 bridgehead atoms. The van der Waals surface area contributed by atoms with E-state index in [1.54, 1.807) is 6.20 Å². The van der Waals surface area contributed by atoms with Crippen LogP contribution in [0.15, 0.2) is 6.20 Å². The summed E-state index contributed by atoms with van der Waals surface area (Å²) in [5, 5.41) is 12.2. The first-order valence-electron chi connectivity index (χ1n) is 5.59. The van der Waals surface area contributed by atoms with Crippen LogP contribution in [0, 0.1) is 19.3 Å². The molecule has 0 aliphatic rings. The van der Waals surface area contributed by atoms with Gasteiger partial charge in [0.05, 0.1) is 17.6 Å². The van der Waals surface area contributed by atoms with Crippen molar-refractivity contribution >= 4 is 5.82 Å². The first kappa shape index (κ1) is 12.9. The number of aromatic nitrogens is 2. The number of aliphatic hydroxyl groups is 1. The molecule has 0 saturated heterocycles. The van der Waals surface area contributed by atoms with E-state index in [-0.39, 0.29) is 12.0 Å². The van der Waals surface area contributed by atoms with Crippen molar-refractivity contribution in [1.29, 1.82) is 0 Å². The predicted molar refractivity (Wildman–Crippen MR) is 65.5 cm³/mol. The molecule has 0 aliphatic carbocycles. The minimum absolute atomic E-state index is 0.0647. The van der Waals surface area contributed by atoms with Gasteiger partial charge in [0.2, 0.25) is 0 Å². The fraction of sp³-hybridized carbons (Fsp3) is 0.667. The maximum atomic E-state index is 8.92. The number of aliphatic hydroxyl groups excluding tert-OH is 1. The lowest BCUT2D eigenvalue weighted by molar-refractivity contribution is 0.220. The van der Waals surface area contributed by atoms with Gasteiger partial charge in [0.1, 0.15) is 5.82 Å². The Hall–Kier alpha value is -1.16. The molecule has 1 aromatic heterocycles. The molecular formula is C12H21N3O. The highest BCUT2D eigenvalue weighted by molar-refractivity contribution is 5.33. The molecule has 4 heteroatoms. The Bertz CT molecular complexity index is 350. The lowest BCUT2D eigenvalue weighted by atomic mass is 9.90. The Kier molecular flexibility index (Phi) is 4.24. The summed E-state index contributed by atoms with van der Waals surface area (Å²) < 4.78 is 0. The van der Waals surface area contributed by atoms with Crippen LogP contribution in [0.1, 0.15) is 31.7 Å². The maximum absolute atomic E-state index is 8.92. The zero-order valence-electron chi connectivity index (χ0n) is 10.5. The molecule has 4 nitrogen and oxygen atoms in total. The second-order valence-corrected chi connectivity index (χ2v) is 4.92. The van der Waals surface area contributed by atoms with Crippen LogP contribution in [0.4, 0.5) is 5.82 Å². The number of hydrogen-bond donors (Lipinski definition) is 2. The van der Waals surface area contributed by atoms with E-state index in [1.165, 1.54) is 0 Å². The third-order valence-electron chi connectivity index (χ3n) is 2.73. The minimum atomic E-state index is 0.0647. The number of anilines is 1. The Morgan fingerprint density at radius 3 is 2.56 bits per heavy atom. The number of nitrogens with zero attached hydrogens (tertiary/aromatic N) is 2. The van der Waals surface area contributed by atoms with Gasteiger partial charge in [-0.25, -0.2) is 4.98 Å². The lowest BCUT2D eigenvalue weighted by Gasteiger charge is -2.24. The summed E-state index contributed by atoms with van der Waals surface area (Å²) >= 11 is 0. The molecule has 1 aromatic rings. The van der Waals surface area contributed by atoms with Gasteiger partial charge >= 0.3 is 0 Å². The van der Waals surface area contributed by atoms with E-state index in [9.17, 15) is 0 Å². The van der Waals surface area contributed by atoms with Crippen molar-refractivity contribution in [2.75, 3.05) is 18.5 Å². The van der Waals surface area contributed by atoms with E-state index < -0.39 is 0 Å². The third kappa shape index (κ3) is 3.77. The summed E-state index contributed by atoms with van der Waals surface area (Å²) in [6, 6.07) is 0. The topological polar surface area (TPSA) is 58.0 Å². The van der Waals surface area contributed by atoms with Crippen molar-refractivity contribution in [3.63, 3.8) is 0 Å². The van der Waals surface area contributed by atoms with Crippen molar-refractivity contribution in [3.8, 4) is 0 Å². The number of hydrogen-bond acceptors (Lipinski definition) is 4. The van der Waals surface area contributed by atoms with Crippen molar-refractivity contribution in [3.05, 3.63) is 17.6 Å². The molecule has 0 amide bonds. The van der Waals surface area contributed by atoms with Gasteiger partial charge in [-0.1, -0.05) is 13.8 Å². The van der Waals surface area contributed by atoms with Crippen LogP contribution in [-0.2, 0) is 0 Å². The second-order valence-electron chi connectivity index (χ2n) is 4.92. The molecule has 0 aliphatic heterocycles. The summed E-state index contributed by atoms with van der Waals surface area (Å²) in [4.78, 5) is 8.65. The summed E-state index contributed by atoms with van der Waals surface area (Å²) in [5.41, 5.74) is 1.97. The van der Waals surface area contributed by atoms with Gasteiger partial charge in [-0.3, -0.25) is 4.98 Å². The first-order chi connectivity index (χ1) is 7.44. The standard InChI is InChI=1S/C12H21N3O/c1-9-10(2)15-11(7-13-9)14-8-12(3,4)5-6-16/h7,16H,5-6,8H2,1-4H3,(H,14,15). The van der Waals surface area contributed by atoms with E-state index in [0.717, 1.165) is 30.2 Å². The quantitative estimate of drug-likeness (QED) is 0.800. The highest BCUT2D eigenvalue weighted by Gasteiger charge is 2.16. The first-order valence-corrected chi connectivity index (χ1v) is 5.59. The molecule has 0 fully saturated rings. The fourth-order valence-electron chi connectivity index (χ4n) is 1.35. The Morgan fingerprint density at radius 1 is 1.31 bits per heavy atom. The normalized spacial score (nSPS) is 11.6. The number of aryl methyl sites for hydroxylation is 2. The van der Waals surface area contributed by atoms with Crippen LogP contribution in [0.25, 0.3) is 0 Å². The molecule has 16 heavy (non-hydrogen) atoms. The van der Waals surface area contributed by atoms with Gasteiger partial charge in [-0.15, -0.1) is 0 Å². The number of rotatable bonds is 5. The van der Waals surface area contributed by atoms with Crippen molar-refractivity contribution < 1.29 is 5.11 Å². The zero-order valence-corrected chi connectivity index (χ0v) is 10.5. The van der Waals surface area contributed by atoms with Gasteiger partial charge in [0.15, 0.2) is 0 Å². The van der Waals surface area contributed by atoms with Crippen LogP contribution in [-0.4, -0.2) is 28.2 Å². The molecule has 1 rings (SSSR count). The Labute approximate surface area is 97.1 Å². The van der Waals surface area contributed by atoms with E-state index in [1.807, 2.05) is 13.8 Å². The summed E-state index contributed by atoms with van der Waals surface area (Å²) in [5.74, 6) is 0.800. The van der Waals surface area contributed by atoms with E-state index in [4.69, 9.17) is 5.11 Å².